The number of hydrogen-bond acceptors (Lipinski definition) is 3. The molecule has 0 amide bonds. The second-order valence-corrected chi connectivity index (χ2v) is 4.47. The summed E-state index contributed by atoms with van der Waals surface area (Å²) in [7, 11) is 0. The van der Waals surface area contributed by atoms with E-state index in [1.54, 1.807) is 0 Å². The fourth-order valence-electron chi connectivity index (χ4n) is 1.51. The first-order valence-electron chi connectivity index (χ1n) is 4.89. The van der Waals surface area contributed by atoms with Crippen molar-refractivity contribution < 1.29 is 19.4 Å². The Morgan fingerprint density at radius 2 is 2.12 bits per heavy atom. The Kier molecular flexibility index (Phi) is 3.58. The molecule has 2 unspecified atom stereocenters. The van der Waals surface area contributed by atoms with E-state index in [9.17, 15) is 4.79 Å². The molecule has 5 heteroatoms. The van der Waals surface area contributed by atoms with Gasteiger partial charge in [-0.05, 0) is 17.7 Å². The summed E-state index contributed by atoms with van der Waals surface area (Å²) >= 11 is 3.35. The van der Waals surface area contributed by atoms with E-state index in [0.29, 0.717) is 6.42 Å². The Morgan fingerprint density at radius 3 is 2.69 bits per heavy atom. The van der Waals surface area contributed by atoms with Crippen LogP contribution < -0.4 is 0 Å². The van der Waals surface area contributed by atoms with Crippen molar-refractivity contribution >= 4 is 21.9 Å². The first-order valence-corrected chi connectivity index (χ1v) is 5.69. The predicted molar refractivity (Wildman–Crippen MR) is 60.1 cm³/mol. The van der Waals surface area contributed by atoms with Crippen LogP contribution in [0.5, 0.6) is 0 Å². The number of aliphatic carboxylic acids is 1. The van der Waals surface area contributed by atoms with E-state index in [0.717, 1.165) is 10.0 Å². The first-order chi connectivity index (χ1) is 7.65. The zero-order valence-electron chi connectivity index (χ0n) is 8.43. The third kappa shape index (κ3) is 2.81. The number of carbonyl (C=O) groups is 1. The highest BCUT2D eigenvalue weighted by Crippen LogP contribution is 2.18. The molecule has 1 aliphatic heterocycles. The van der Waals surface area contributed by atoms with Crippen molar-refractivity contribution in [2.45, 2.75) is 18.8 Å². The summed E-state index contributed by atoms with van der Waals surface area (Å²) in [5.41, 5.74) is 1.05. The van der Waals surface area contributed by atoms with E-state index in [4.69, 9.17) is 14.6 Å². The fraction of sp³-hybridized carbons (Fsp3) is 0.364. The van der Waals surface area contributed by atoms with Gasteiger partial charge in [0.05, 0.1) is 6.61 Å². The van der Waals surface area contributed by atoms with E-state index >= 15 is 0 Å². The van der Waals surface area contributed by atoms with Gasteiger partial charge < -0.3 is 14.6 Å². The predicted octanol–water partition coefficient (Wildman–Crippen LogP) is 1.82. The van der Waals surface area contributed by atoms with Crippen LogP contribution in [0, 0.1) is 0 Å². The molecule has 2 atom stereocenters. The van der Waals surface area contributed by atoms with Gasteiger partial charge >= 0.3 is 5.97 Å². The van der Waals surface area contributed by atoms with Gasteiger partial charge in [-0.15, -0.1) is 0 Å². The highest BCUT2D eigenvalue weighted by Gasteiger charge is 2.31. The van der Waals surface area contributed by atoms with Crippen LogP contribution in [0.15, 0.2) is 28.7 Å². The summed E-state index contributed by atoms with van der Waals surface area (Å²) in [5, 5.41) is 8.72. The summed E-state index contributed by atoms with van der Waals surface area (Å²) in [4.78, 5) is 10.6. The highest BCUT2D eigenvalue weighted by atomic mass is 79.9. The van der Waals surface area contributed by atoms with E-state index in [1.165, 1.54) is 0 Å². The van der Waals surface area contributed by atoms with Crippen LogP contribution in [0.25, 0.3) is 0 Å². The molecule has 1 fully saturated rings. The minimum atomic E-state index is -0.974. The maximum atomic E-state index is 10.6. The van der Waals surface area contributed by atoms with Crippen molar-refractivity contribution in [2.75, 3.05) is 6.61 Å². The SMILES string of the molecule is O=C(O)C1COC(Cc2ccc(Br)cc2)O1. The quantitative estimate of drug-likeness (QED) is 0.921. The second-order valence-electron chi connectivity index (χ2n) is 3.56. The van der Waals surface area contributed by atoms with E-state index in [-0.39, 0.29) is 6.61 Å². The molecule has 1 aromatic rings. The third-order valence-electron chi connectivity index (χ3n) is 2.34. The van der Waals surface area contributed by atoms with Crippen molar-refractivity contribution in [1.82, 2.24) is 0 Å². The number of hydrogen-bond donors (Lipinski definition) is 1. The van der Waals surface area contributed by atoms with Crippen LogP contribution in [0.1, 0.15) is 5.56 Å². The zero-order valence-corrected chi connectivity index (χ0v) is 10.0. The Balaban J connectivity index is 1.92. The van der Waals surface area contributed by atoms with E-state index < -0.39 is 18.4 Å². The molecule has 0 saturated carbocycles. The molecular weight excluding hydrogens is 276 g/mol. The minimum absolute atomic E-state index is 0.122. The maximum absolute atomic E-state index is 10.6. The Morgan fingerprint density at radius 1 is 1.44 bits per heavy atom. The van der Waals surface area contributed by atoms with Crippen LogP contribution in [0.3, 0.4) is 0 Å². The van der Waals surface area contributed by atoms with Crippen LogP contribution in [0.4, 0.5) is 0 Å². The number of carboxylic acid groups (broad SMARTS) is 1. The molecule has 16 heavy (non-hydrogen) atoms. The molecule has 0 bridgehead atoms. The molecule has 0 aliphatic carbocycles. The molecule has 0 spiro atoms. The van der Waals surface area contributed by atoms with Gasteiger partial charge in [-0.1, -0.05) is 28.1 Å². The van der Waals surface area contributed by atoms with Crippen LogP contribution in [-0.4, -0.2) is 30.1 Å². The number of rotatable bonds is 3. The Labute approximate surface area is 101 Å². The van der Waals surface area contributed by atoms with Gasteiger partial charge in [0, 0.05) is 10.9 Å². The average molecular weight is 287 g/mol. The van der Waals surface area contributed by atoms with Crippen LogP contribution in [0.2, 0.25) is 0 Å². The van der Waals surface area contributed by atoms with Crippen LogP contribution >= 0.6 is 15.9 Å². The normalized spacial score (nSPS) is 24.6. The summed E-state index contributed by atoms with van der Waals surface area (Å²) in [6, 6.07) is 7.76. The molecule has 0 radical (unpaired) electrons. The lowest BCUT2D eigenvalue weighted by Gasteiger charge is -2.09. The molecule has 2 rings (SSSR count). The van der Waals surface area contributed by atoms with Gasteiger partial charge in [0.15, 0.2) is 12.4 Å². The third-order valence-corrected chi connectivity index (χ3v) is 2.87. The maximum Gasteiger partial charge on any atom is 0.335 e. The Bertz CT molecular complexity index is 376. The average Bonchev–Trinajstić information content (AvgIpc) is 2.70. The number of halogens is 1. The second kappa shape index (κ2) is 4.95. The molecule has 1 saturated heterocycles. The summed E-state index contributed by atoms with van der Waals surface area (Å²) < 4.78 is 11.5. The Hall–Kier alpha value is -0.910. The van der Waals surface area contributed by atoms with Gasteiger partial charge in [0.25, 0.3) is 0 Å². The van der Waals surface area contributed by atoms with E-state index in [2.05, 4.69) is 15.9 Å². The summed E-state index contributed by atoms with van der Waals surface area (Å²) in [6.45, 7) is 0.122. The lowest BCUT2D eigenvalue weighted by atomic mass is 10.1. The summed E-state index contributed by atoms with van der Waals surface area (Å²) in [6.07, 6.45) is -0.723. The fourth-order valence-corrected chi connectivity index (χ4v) is 1.77. The largest absolute Gasteiger partial charge is 0.479 e. The van der Waals surface area contributed by atoms with Crippen molar-refractivity contribution in [3.63, 3.8) is 0 Å². The van der Waals surface area contributed by atoms with Gasteiger partial charge in [-0.2, -0.15) is 0 Å². The standard InChI is InChI=1S/C11H11BrO4/c12-8-3-1-7(2-4-8)5-10-15-6-9(16-10)11(13)14/h1-4,9-10H,5-6H2,(H,13,14). The van der Waals surface area contributed by atoms with Crippen LogP contribution in [-0.2, 0) is 20.7 Å². The molecule has 1 heterocycles. The molecule has 1 aliphatic rings. The lowest BCUT2D eigenvalue weighted by molar-refractivity contribution is -0.150. The minimum Gasteiger partial charge on any atom is -0.479 e. The molecular formula is C11H11BrO4. The van der Waals surface area contributed by atoms with Gasteiger partial charge in [0.2, 0.25) is 0 Å². The van der Waals surface area contributed by atoms with Crippen molar-refractivity contribution in [3.8, 4) is 0 Å². The molecule has 86 valence electrons. The van der Waals surface area contributed by atoms with Gasteiger partial charge in [0.1, 0.15) is 0 Å². The van der Waals surface area contributed by atoms with Gasteiger partial charge in [-0.3, -0.25) is 0 Å². The smallest absolute Gasteiger partial charge is 0.335 e. The highest BCUT2D eigenvalue weighted by molar-refractivity contribution is 9.10. The monoisotopic (exact) mass is 286 g/mol. The summed E-state index contributed by atoms with van der Waals surface area (Å²) in [5.74, 6) is -0.974. The van der Waals surface area contributed by atoms with Gasteiger partial charge in [-0.25, -0.2) is 4.79 Å². The number of ether oxygens (including phenoxy) is 2. The first kappa shape index (κ1) is 11.6. The lowest BCUT2D eigenvalue weighted by Crippen LogP contribution is -2.23. The topological polar surface area (TPSA) is 55.8 Å². The number of carboxylic acids is 1. The number of benzene rings is 1. The molecule has 1 aromatic carbocycles. The van der Waals surface area contributed by atoms with E-state index in [1.807, 2.05) is 24.3 Å². The zero-order chi connectivity index (χ0) is 11.5. The molecule has 1 N–H and O–H groups in total. The van der Waals surface area contributed by atoms with Crippen molar-refractivity contribution in [1.29, 1.82) is 0 Å². The molecule has 4 nitrogen and oxygen atoms in total. The van der Waals surface area contributed by atoms with Crippen molar-refractivity contribution in [3.05, 3.63) is 34.3 Å². The molecule has 0 aromatic heterocycles. The van der Waals surface area contributed by atoms with Crippen molar-refractivity contribution in [2.24, 2.45) is 0 Å².